The summed E-state index contributed by atoms with van der Waals surface area (Å²) in [4.78, 5) is 45.6. The van der Waals surface area contributed by atoms with Gasteiger partial charge in [-0.25, -0.2) is 4.79 Å². The van der Waals surface area contributed by atoms with Crippen LogP contribution in [0.15, 0.2) is 83.7 Å². The van der Waals surface area contributed by atoms with E-state index in [-0.39, 0.29) is 35.9 Å². The highest BCUT2D eigenvalue weighted by atomic mass is 32.2. The molecule has 0 saturated carbocycles. The maximum absolute atomic E-state index is 13.3. The molecule has 0 aliphatic carbocycles. The Morgan fingerprint density at radius 2 is 1.89 bits per heavy atom. The maximum Gasteiger partial charge on any atom is 0.355 e. The molecule has 2 aromatic carbocycles. The average Bonchev–Trinajstić information content (AvgIpc) is 3.47. The molecule has 0 spiro atoms. The van der Waals surface area contributed by atoms with Crippen molar-refractivity contribution in [2.45, 2.75) is 24.4 Å². The summed E-state index contributed by atoms with van der Waals surface area (Å²) in [6.07, 6.45) is 5.61. The van der Waals surface area contributed by atoms with Crippen molar-refractivity contribution in [2.75, 3.05) is 12.9 Å². The van der Waals surface area contributed by atoms with Gasteiger partial charge in [-0.2, -0.15) is 0 Å². The van der Waals surface area contributed by atoms with Crippen molar-refractivity contribution >= 4 is 47.0 Å². The molecule has 3 heterocycles. The Morgan fingerprint density at radius 1 is 1.11 bits per heavy atom. The van der Waals surface area contributed by atoms with Gasteiger partial charge in [0.15, 0.2) is 0 Å². The second-order valence-corrected chi connectivity index (χ2v) is 10.7. The fourth-order valence-electron chi connectivity index (χ4n) is 4.20. The molecule has 5 rings (SSSR count). The van der Waals surface area contributed by atoms with Crippen molar-refractivity contribution in [1.82, 2.24) is 15.2 Å². The van der Waals surface area contributed by atoms with Gasteiger partial charge in [-0.1, -0.05) is 48.5 Å². The Kier molecular flexibility index (Phi) is 7.90. The third-order valence-corrected chi connectivity index (χ3v) is 8.19. The molecule has 38 heavy (non-hydrogen) atoms. The standard InChI is InChI=1S/C28H25N3O5S2/c1-35-21-10-7-19(8-11-21)15-36-28(34)25-20(9-12-22-14-29-17-38-22)16-37-27-24(26(33)31(25)27)30-23(32)13-18-5-3-2-4-6-18/h2-12,14,17,24,27H,13,15-16H2,1H3,(H,30,32)/b12-9+/t24-,27-/m1/s1. The largest absolute Gasteiger partial charge is 0.497 e. The van der Waals surface area contributed by atoms with Crippen LogP contribution in [0.25, 0.3) is 6.08 Å². The van der Waals surface area contributed by atoms with E-state index in [2.05, 4.69) is 10.3 Å². The van der Waals surface area contributed by atoms with E-state index in [0.29, 0.717) is 17.1 Å². The number of aromatic nitrogens is 1. The van der Waals surface area contributed by atoms with Crippen LogP contribution in [0.3, 0.4) is 0 Å². The molecule has 1 N–H and O–H groups in total. The number of rotatable bonds is 9. The molecule has 2 atom stereocenters. The first kappa shape index (κ1) is 25.7. The van der Waals surface area contributed by atoms with E-state index < -0.39 is 12.0 Å². The number of benzene rings is 2. The molecular weight excluding hydrogens is 522 g/mol. The predicted octanol–water partition coefficient (Wildman–Crippen LogP) is 3.81. The molecule has 3 aromatic rings. The second-order valence-electron chi connectivity index (χ2n) is 8.65. The highest BCUT2D eigenvalue weighted by molar-refractivity contribution is 8.00. The van der Waals surface area contributed by atoms with Gasteiger partial charge in [0, 0.05) is 16.8 Å². The number of methoxy groups -OCH3 is 1. The van der Waals surface area contributed by atoms with Crippen molar-refractivity contribution in [1.29, 1.82) is 0 Å². The van der Waals surface area contributed by atoms with Crippen molar-refractivity contribution in [3.8, 4) is 5.75 Å². The molecule has 1 fully saturated rings. The van der Waals surface area contributed by atoms with Gasteiger partial charge in [0.1, 0.15) is 29.5 Å². The summed E-state index contributed by atoms with van der Waals surface area (Å²) in [6.45, 7) is 0.0508. The lowest BCUT2D eigenvalue weighted by Crippen LogP contribution is -2.70. The Morgan fingerprint density at radius 3 is 2.61 bits per heavy atom. The summed E-state index contributed by atoms with van der Waals surface area (Å²) in [6, 6.07) is 15.9. The van der Waals surface area contributed by atoms with Gasteiger partial charge in [0.25, 0.3) is 5.91 Å². The van der Waals surface area contributed by atoms with Crippen molar-refractivity contribution in [3.05, 3.63) is 99.7 Å². The molecule has 1 aromatic heterocycles. The van der Waals surface area contributed by atoms with Crippen molar-refractivity contribution < 1.29 is 23.9 Å². The number of hydrogen-bond acceptors (Lipinski definition) is 8. The summed E-state index contributed by atoms with van der Waals surface area (Å²) in [5.74, 6) is 0.0401. The van der Waals surface area contributed by atoms with Crippen molar-refractivity contribution in [3.63, 3.8) is 0 Å². The third kappa shape index (κ3) is 5.66. The average molecular weight is 548 g/mol. The number of amides is 2. The van der Waals surface area contributed by atoms with Crippen LogP contribution < -0.4 is 10.1 Å². The van der Waals surface area contributed by atoms with E-state index in [1.807, 2.05) is 54.6 Å². The summed E-state index contributed by atoms with van der Waals surface area (Å²) in [7, 11) is 1.59. The number of thioether (sulfide) groups is 1. The lowest BCUT2D eigenvalue weighted by molar-refractivity contribution is -0.153. The first-order valence-corrected chi connectivity index (χ1v) is 13.8. The SMILES string of the molecule is COc1ccc(COC(=O)C2=C(/C=C/c3cncs3)CS[C@@H]3[C@H](NC(=O)Cc4ccccc4)C(=O)N23)cc1. The van der Waals surface area contributed by atoms with Crippen LogP contribution in [0.5, 0.6) is 5.75 Å². The number of esters is 1. The Hall–Kier alpha value is -3.89. The summed E-state index contributed by atoms with van der Waals surface area (Å²) < 4.78 is 10.8. The van der Waals surface area contributed by atoms with E-state index in [4.69, 9.17) is 9.47 Å². The molecule has 1 saturated heterocycles. The predicted molar refractivity (Wildman–Crippen MR) is 146 cm³/mol. The number of thiazole rings is 1. The molecule has 10 heteroatoms. The molecular formula is C28H25N3O5S2. The Bertz CT molecular complexity index is 1370. The molecule has 0 bridgehead atoms. The number of fused-ring (bicyclic) bond motifs is 1. The second kappa shape index (κ2) is 11.7. The van der Waals surface area contributed by atoms with Gasteiger partial charge in [-0.15, -0.1) is 23.1 Å². The van der Waals surface area contributed by atoms with E-state index in [1.54, 1.807) is 30.9 Å². The molecule has 8 nitrogen and oxygen atoms in total. The zero-order chi connectivity index (χ0) is 26.5. The third-order valence-electron chi connectivity index (χ3n) is 6.14. The lowest BCUT2D eigenvalue weighted by atomic mass is 10.0. The van der Waals surface area contributed by atoms with Gasteiger partial charge < -0.3 is 14.8 Å². The van der Waals surface area contributed by atoms with Crippen LogP contribution in [0, 0.1) is 0 Å². The van der Waals surface area contributed by atoms with Gasteiger partial charge >= 0.3 is 5.97 Å². The zero-order valence-electron chi connectivity index (χ0n) is 20.5. The number of nitrogens with one attached hydrogen (secondary N) is 1. The highest BCUT2D eigenvalue weighted by Crippen LogP contribution is 2.41. The number of nitrogens with zero attached hydrogens (tertiary/aromatic N) is 2. The Labute approximate surface area is 228 Å². The normalized spacial score (nSPS) is 18.7. The number of allylic oxidation sites excluding steroid dienone is 1. The fourth-order valence-corrected chi connectivity index (χ4v) is 6.03. The van der Waals surface area contributed by atoms with Crippen molar-refractivity contribution in [2.24, 2.45) is 0 Å². The van der Waals surface area contributed by atoms with E-state index in [1.165, 1.54) is 28.0 Å². The van der Waals surface area contributed by atoms with Gasteiger partial charge in [0.05, 0.1) is 19.0 Å². The van der Waals surface area contributed by atoms with Crippen LogP contribution in [-0.2, 0) is 32.1 Å². The summed E-state index contributed by atoms with van der Waals surface area (Å²) in [5.41, 5.74) is 4.28. The van der Waals surface area contributed by atoms with Crippen LogP contribution in [0.4, 0.5) is 0 Å². The van der Waals surface area contributed by atoms with E-state index in [0.717, 1.165) is 16.0 Å². The highest BCUT2D eigenvalue weighted by Gasteiger charge is 2.54. The summed E-state index contributed by atoms with van der Waals surface area (Å²) in [5, 5.41) is 2.47. The van der Waals surface area contributed by atoms with Gasteiger partial charge in [0.2, 0.25) is 5.91 Å². The van der Waals surface area contributed by atoms with Crippen LogP contribution in [-0.4, -0.2) is 51.9 Å². The molecule has 2 amide bonds. The quantitative estimate of drug-likeness (QED) is 0.321. The molecule has 0 unspecified atom stereocenters. The smallest absolute Gasteiger partial charge is 0.355 e. The fraction of sp³-hybridized carbons (Fsp3) is 0.214. The minimum Gasteiger partial charge on any atom is -0.497 e. The number of carbonyl (C=O) groups is 3. The van der Waals surface area contributed by atoms with Crippen LogP contribution >= 0.6 is 23.1 Å². The van der Waals surface area contributed by atoms with E-state index >= 15 is 0 Å². The minimum atomic E-state index is -0.701. The molecule has 194 valence electrons. The number of ether oxygens (including phenoxy) is 2. The first-order chi connectivity index (χ1) is 18.5. The Balaban J connectivity index is 1.32. The van der Waals surface area contributed by atoms with E-state index in [9.17, 15) is 14.4 Å². The maximum atomic E-state index is 13.3. The molecule has 2 aliphatic heterocycles. The van der Waals surface area contributed by atoms with Gasteiger partial charge in [-0.3, -0.25) is 19.5 Å². The number of hydrogen-bond donors (Lipinski definition) is 1. The van der Waals surface area contributed by atoms with Crippen LogP contribution in [0.2, 0.25) is 0 Å². The lowest BCUT2D eigenvalue weighted by Gasteiger charge is -2.49. The van der Waals surface area contributed by atoms with Crippen LogP contribution in [0.1, 0.15) is 16.0 Å². The first-order valence-electron chi connectivity index (χ1n) is 11.9. The monoisotopic (exact) mass is 547 g/mol. The number of carbonyl (C=O) groups excluding carboxylic acids is 3. The number of β-lactam (4-membered cyclic amide) rings is 1. The molecule has 2 aliphatic rings. The zero-order valence-corrected chi connectivity index (χ0v) is 22.2. The van der Waals surface area contributed by atoms with Gasteiger partial charge in [-0.05, 0) is 34.9 Å². The molecule has 0 radical (unpaired) electrons. The summed E-state index contributed by atoms with van der Waals surface area (Å²) >= 11 is 2.98. The topological polar surface area (TPSA) is 97.8 Å². The minimum absolute atomic E-state index is 0.0508.